The molecule has 0 aliphatic rings. The molecule has 2 amide bonds. The first-order chi connectivity index (χ1) is 17.0. The number of amides is 2. The molecule has 1 aromatic heterocycles. The first kappa shape index (κ1) is 27.5. The van der Waals surface area contributed by atoms with Gasteiger partial charge in [0.15, 0.2) is 11.0 Å². The van der Waals surface area contributed by atoms with Crippen molar-refractivity contribution >= 4 is 40.9 Å². The van der Waals surface area contributed by atoms with Crippen LogP contribution in [0.25, 0.3) is 0 Å². The van der Waals surface area contributed by atoms with E-state index in [2.05, 4.69) is 20.8 Å². The lowest BCUT2D eigenvalue weighted by Crippen LogP contribution is -2.31. The van der Waals surface area contributed by atoms with Gasteiger partial charge in [0.05, 0.1) is 27.9 Å². The van der Waals surface area contributed by atoms with Gasteiger partial charge in [0.2, 0.25) is 5.91 Å². The van der Waals surface area contributed by atoms with Gasteiger partial charge in [-0.3, -0.25) is 9.59 Å². The zero-order chi connectivity index (χ0) is 26.5. The molecular weight excluding hydrogens is 515 g/mol. The molecule has 0 fully saturated rings. The fourth-order valence-corrected chi connectivity index (χ4v) is 4.38. The summed E-state index contributed by atoms with van der Waals surface area (Å²) in [6, 6.07) is 10.7. The number of anilines is 1. The molecule has 3 aromatic rings. The third-order valence-electron chi connectivity index (χ3n) is 5.12. The molecule has 1 atom stereocenters. The minimum Gasteiger partial charge on any atom is -0.342 e. The Morgan fingerprint density at radius 1 is 1.11 bits per heavy atom. The molecule has 0 aliphatic heterocycles. The van der Waals surface area contributed by atoms with E-state index in [9.17, 15) is 22.8 Å². The van der Waals surface area contributed by atoms with Gasteiger partial charge < -0.3 is 15.2 Å². The minimum absolute atomic E-state index is 0.0494. The second kappa shape index (κ2) is 11.8. The number of benzene rings is 2. The molecule has 12 heteroatoms. The van der Waals surface area contributed by atoms with E-state index in [1.807, 2.05) is 13.8 Å². The van der Waals surface area contributed by atoms with Gasteiger partial charge in [0.25, 0.3) is 5.91 Å². The van der Waals surface area contributed by atoms with Crippen LogP contribution in [0.15, 0.2) is 53.7 Å². The summed E-state index contributed by atoms with van der Waals surface area (Å²) in [4.78, 5) is 25.2. The molecule has 0 aliphatic carbocycles. The quantitative estimate of drug-likeness (QED) is 0.339. The molecule has 36 heavy (non-hydrogen) atoms. The molecule has 0 saturated heterocycles. The van der Waals surface area contributed by atoms with Gasteiger partial charge >= 0.3 is 6.18 Å². The fraction of sp³-hybridized carbons (Fsp3) is 0.333. The second-order valence-electron chi connectivity index (χ2n) is 8.45. The standard InChI is InChI=1S/C24H25ClF3N5O2S/c1-14(2)11-19(30-22(35)17-9-4-5-10-18(17)25)21-31-32-23(33(21)3)36-13-20(34)29-16-8-6-7-15(12-16)24(26,27)28/h4-10,12,14,19H,11,13H2,1-3H3,(H,29,34)(H,30,35)/t19-/m0/s1. The number of nitrogens with zero attached hydrogens (tertiary/aromatic N) is 3. The summed E-state index contributed by atoms with van der Waals surface area (Å²) < 4.78 is 40.4. The van der Waals surface area contributed by atoms with Gasteiger partial charge in [-0.05, 0) is 42.7 Å². The molecule has 0 saturated carbocycles. The number of carbonyl (C=O) groups is 2. The summed E-state index contributed by atoms with van der Waals surface area (Å²) in [5, 5.41) is 14.5. The Morgan fingerprint density at radius 2 is 1.83 bits per heavy atom. The number of carbonyl (C=O) groups excluding carboxylic acids is 2. The zero-order valence-corrected chi connectivity index (χ0v) is 21.3. The Kier molecular flexibility index (Phi) is 9.02. The molecule has 192 valence electrons. The van der Waals surface area contributed by atoms with Crippen LogP contribution in [0.4, 0.5) is 18.9 Å². The SMILES string of the molecule is CC(C)C[C@H](NC(=O)c1ccccc1Cl)c1nnc(SCC(=O)Nc2cccc(C(F)(F)F)c2)n1C. The largest absolute Gasteiger partial charge is 0.416 e. The molecule has 1 heterocycles. The minimum atomic E-state index is -4.50. The number of nitrogens with one attached hydrogen (secondary N) is 2. The van der Waals surface area contributed by atoms with Crippen molar-refractivity contribution in [2.75, 3.05) is 11.1 Å². The van der Waals surface area contributed by atoms with Crippen molar-refractivity contribution in [3.05, 3.63) is 70.5 Å². The Morgan fingerprint density at radius 3 is 2.50 bits per heavy atom. The van der Waals surface area contributed by atoms with Crippen LogP contribution in [0.1, 0.15) is 48.1 Å². The van der Waals surface area contributed by atoms with Gasteiger partial charge in [-0.2, -0.15) is 13.2 Å². The van der Waals surface area contributed by atoms with E-state index < -0.39 is 23.7 Å². The lowest BCUT2D eigenvalue weighted by atomic mass is 10.0. The Balaban J connectivity index is 1.68. The molecule has 0 bridgehead atoms. The van der Waals surface area contributed by atoms with Crippen LogP contribution in [0.2, 0.25) is 5.02 Å². The van der Waals surface area contributed by atoms with Gasteiger partial charge in [0, 0.05) is 12.7 Å². The van der Waals surface area contributed by atoms with Gasteiger partial charge in [-0.25, -0.2) is 0 Å². The maximum Gasteiger partial charge on any atom is 0.416 e. The number of alkyl halides is 3. The molecule has 0 radical (unpaired) electrons. The maximum atomic E-state index is 12.9. The van der Waals surface area contributed by atoms with E-state index >= 15 is 0 Å². The molecule has 2 N–H and O–H groups in total. The summed E-state index contributed by atoms with van der Waals surface area (Å²) in [6.45, 7) is 4.03. The molecule has 0 unspecified atom stereocenters. The van der Waals surface area contributed by atoms with Crippen molar-refractivity contribution in [3.8, 4) is 0 Å². The topological polar surface area (TPSA) is 88.9 Å². The third kappa shape index (κ3) is 7.23. The van der Waals surface area contributed by atoms with Crippen LogP contribution in [0.5, 0.6) is 0 Å². The van der Waals surface area contributed by atoms with E-state index in [1.165, 1.54) is 12.1 Å². The zero-order valence-electron chi connectivity index (χ0n) is 19.8. The molecule has 0 spiro atoms. The predicted molar refractivity (Wildman–Crippen MR) is 133 cm³/mol. The molecule has 3 rings (SSSR count). The van der Waals surface area contributed by atoms with Crippen LogP contribution in [0.3, 0.4) is 0 Å². The first-order valence-corrected chi connectivity index (χ1v) is 12.4. The third-order valence-corrected chi connectivity index (χ3v) is 6.47. The number of halogens is 4. The highest BCUT2D eigenvalue weighted by Crippen LogP contribution is 2.31. The number of hydrogen-bond donors (Lipinski definition) is 2. The number of thioether (sulfide) groups is 1. The lowest BCUT2D eigenvalue weighted by Gasteiger charge is -2.20. The monoisotopic (exact) mass is 539 g/mol. The Bertz CT molecular complexity index is 1230. The number of rotatable bonds is 9. The summed E-state index contributed by atoms with van der Waals surface area (Å²) in [5.41, 5.74) is -0.453. The van der Waals surface area contributed by atoms with E-state index in [-0.39, 0.29) is 23.3 Å². The highest BCUT2D eigenvalue weighted by Gasteiger charge is 2.30. The highest BCUT2D eigenvalue weighted by atomic mass is 35.5. The van der Waals surface area contributed by atoms with Crippen LogP contribution in [-0.4, -0.2) is 32.3 Å². The Labute approximate surface area is 215 Å². The second-order valence-corrected chi connectivity index (χ2v) is 9.80. The van der Waals surface area contributed by atoms with E-state index in [0.29, 0.717) is 28.0 Å². The van der Waals surface area contributed by atoms with E-state index in [4.69, 9.17) is 11.6 Å². The maximum absolute atomic E-state index is 12.9. The average molecular weight is 540 g/mol. The number of aromatic nitrogens is 3. The summed E-state index contributed by atoms with van der Waals surface area (Å²) in [5.74, 6) is -0.195. The fourth-order valence-electron chi connectivity index (χ4n) is 3.44. The van der Waals surface area contributed by atoms with E-state index in [1.54, 1.807) is 35.9 Å². The molecule has 2 aromatic carbocycles. The van der Waals surface area contributed by atoms with Crippen molar-refractivity contribution in [3.63, 3.8) is 0 Å². The molecule has 7 nitrogen and oxygen atoms in total. The van der Waals surface area contributed by atoms with Crippen molar-refractivity contribution in [2.45, 2.75) is 37.6 Å². The summed E-state index contributed by atoms with van der Waals surface area (Å²) >= 11 is 7.24. The van der Waals surface area contributed by atoms with Crippen molar-refractivity contribution in [2.24, 2.45) is 13.0 Å². The van der Waals surface area contributed by atoms with E-state index in [0.717, 1.165) is 23.9 Å². The smallest absolute Gasteiger partial charge is 0.342 e. The predicted octanol–water partition coefficient (Wildman–Crippen LogP) is 5.74. The molecular formula is C24H25ClF3N5O2S. The van der Waals surface area contributed by atoms with Gasteiger partial charge in [-0.15, -0.1) is 10.2 Å². The normalized spacial score (nSPS) is 12.4. The van der Waals surface area contributed by atoms with Crippen LogP contribution < -0.4 is 10.6 Å². The van der Waals surface area contributed by atoms with Crippen LogP contribution in [-0.2, 0) is 18.0 Å². The van der Waals surface area contributed by atoms with Crippen LogP contribution >= 0.6 is 23.4 Å². The number of hydrogen-bond acceptors (Lipinski definition) is 5. The van der Waals surface area contributed by atoms with Gasteiger partial charge in [-0.1, -0.05) is 55.4 Å². The highest BCUT2D eigenvalue weighted by molar-refractivity contribution is 7.99. The van der Waals surface area contributed by atoms with Crippen molar-refractivity contribution in [1.29, 1.82) is 0 Å². The average Bonchev–Trinajstić information content (AvgIpc) is 3.17. The van der Waals surface area contributed by atoms with Crippen LogP contribution in [0, 0.1) is 5.92 Å². The van der Waals surface area contributed by atoms with Gasteiger partial charge in [0.1, 0.15) is 0 Å². The van der Waals surface area contributed by atoms with Crippen molar-refractivity contribution < 1.29 is 22.8 Å². The lowest BCUT2D eigenvalue weighted by molar-refractivity contribution is -0.137. The summed E-state index contributed by atoms with van der Waals surface area (Å²) in [7, 11) is 1.72. The summed E-state index contributed by atoms with van der Waals surface area (Å²) in [6.07, 6.45) is -3.92. The van der Waals surface area contributed by atoms with Crippen molar-refractivity contribution in [1.82, 2.24) is 20.1 Å². The Hall–Kier alpha value is -3.05. The first-order valence-electron chi connectivity index (χ1n) is 11.0.